The Labute approximate surface area is 87.7 Å². The molecule has 76 valence electrons. The number of hydrogen-bond donors (Lipinski definition) is 2. The summed E-state index contributed by atoms with van der Waals surface area (Å²) in [5, 5.41) is 0. The molecule has 0 fully saturated rings. The Morgan fingerprint density at radius 3 is 2.50 bits per heavy atom. The summed E-state index contributed by atoms with van der Waals surface area (Å²) in [4.78, 5) is 11.0. The molecular weight excluding hydrogens is 201 g/mol. The molecule has 0 radical (unpaired) electrons. The van der Waals surface area contributed by atoms with Crippen LogP contribution in [0.15, 0.2) is 18.2 Å². The number of thiol groups is 1. The summed E-state index contributed by atoms with van der Waals surface area (Å²) >= 11 is 4.28. The number of benzene rings is 1. The van der Waals surface area contributed by atoms with Crippen LogP contribution < -0.4 is 5.73 Å². The third-order valence-electron chi connectivity index (χ3n) is 1.91. The van der Waals surface area contributed by atoms with Gasteiger partial charge in [0.2, 0.25) is 5.91 Å². The maximum Gasteiger partial charge on any atom is 0.249 e. The van der Waals surface area contributed by atoms with Gasteiger partial charge in [-0.2, -0.15) is 12.6 Å². The number of rotatable bonds is 2. The van der Waals surface area contributed by atoms with Crippen LogP contribution in [0.4, 0.5) is 4.39 Å². The summed E-state index contributed by atoms with van der Waals surface area (Å²) in [7, 11) is 0. The minimum absolute atomic E-state index is 0.311. The SMILES string of the molecule is CC(C)(S)c1cc(F)ccc1C(N)=O. The molecule has 0 unspecified atom stereocenters. The average molecular weight is 213 g/mol. The Hall–Kier alpha value is -1.03. The van der Waals surface area contributed by atoms with Gasteiger partial charge in [-0.15, -0.1) is 0 Å². The summed E-state index contributed by atoms with van der Waals surface area (Å²) in [6.07, 6.45) is 0. The number of hydrogen-bond acceptors (Lipinski definition) is 2. The highest BCUT2D eigenvalue weighted by molar-refractivity contribution is 7.81. The van der Waals surface area contributed by atoms with Crippen molar-refractivity contribution in [3.05, 3.63) is 35.1 Å². The van der Waals surface area contributed by atoms with Crippen molar-refractivity contribution in [3.63, 3.8) is 0 Å². The van der Waals surface area contributed by atoms with Gasteiger partial charge in [-0.05, 0) is 37.6 Å². The van der Waals surface area contributed by atoms with E-state index in [1.807, 2.05) is 0 Å². The van der Waals surface area contributed by atoms with Gasteiger partial charge in [-0.25, -0.2) is 4.39 Å². The first kappa shape index (κ1) is 11.0. The van der Waals surface area contributed by atoms with Crippen LogP contribution in [0.25, 0.3) is 0 Å². The second-order valence-electron chi connectivity index (χ2n) is 3.61. The first-order chi connectivity index (χ1) is 6.32. The maximum absolute atomic E-state index is 13.0. The van der Waals surface area contributed by atoms with Crippen molar-refractivity contribution in [2.45, 2.75) is 18.6 Å². The first-order valence-electron chi connectivity index (χ1n) is 4.14. The van der Waals surface area contributed by atoms with Gasteiger partial charge in [-0.1, -0.05) is 0 Å². The molecule has 2 N–H and O–H groups in total. The second kappa shape index (κ2) is 3.61. The van der Waals surface area contributed by atoms with Crippen LogP contribution in [-0.2, 0) is 4.75 Å². The summed E-state index contributed by atoms with van der Waals surface area (Å²) in [5.41, 5.74) is 5.99. The molecule has 0 saturated carbocycles. The molecule has 0 heterocycles. The molecule has 1 rings (SSSR count). The van der Waals surface area contributed by atoms with E-state index in [-0.39, 0.29) is 0 Å². The molecule has 2 nitrogen and oxygen atoms in total. The lowest BCUT2D eigenvalue weighted by Gasteiger charge is -2.20. The van der Waals surface area contributed by atoms with E-state index < -0.39 is 16.5 Å². The van der Waals surface area contributed by atoms with Crippen molar-refractivity contribution in [1.29, 1.82) is 0 Å². The largest absolute Gasteiger partial charge is 0.366 e. The van der Waals surface area contributed by atoms with Gasteiger partial charge in [0.05, 0.1) is 0 Å². The van der Waals surface area contributed by atoms with Crippen LogP contribution in [0, 0.1) is 5.82 Å². The fraction of sp³-hybridized carbons (Fsp3) is 0.300. The summed E-state index contributed by atoms with van der Waals surface area (Å²) in [6.45, 7) is 3.55. The molecule has 14 heavy (non-hydrogen) atoms. The highest BCUT2D eigenvalue weighted by atomic mass is 32.1. The molecule has 0 atom stereocenters. The van der Waals surface area contributed by atoms with Crippen molar-refractivity contribution in [1.82, 2.24) is 0 Å². The fourth-order valence-corrected chi connectivity index (χ4v) is 1.42. The molecule has 1 amide bonds. The van der Waals surface area contributed by atoms with Gasteiger partial charge in [0.1, 0.15) is 5.82 Å². The van der Waals surface area contributed by atoms with E-state index in [1.165, 1.54) is 18.2 Å². The second-order valence-corrected chi connectivity index (χ2v) is 4.73. The van der Waals surface area contributed by atoms with E-state index in [1.54, 1.807) is 13.8 Å². The zero-order chi connectivity index (χ0) is 10.9. The maximum atomic E-state index is 13.0. The van der Waals surface area contributed by atoms with Crippen molar-refractivity contribution in [2.75, 3.05) is 0 Å². The van der Waals surface area contributed by atoms with Gasteiger partial charge in [0.15, 0.2) is 0 Å². The van der Waals surface area contributed by atoms with Crippen molar-refractivity contribution < 1.29 is 9.18 Å². The van der Waals surface area contributed by atoms with Gasteiger partial charge in [0, 0.05) is 10.3 Å². The number of primary amides is 1. The number of amides is 1. The molecule has 0 spiro atoms. The van der Waals surface area contributed by atoms with E-state index in [9.17, 15) is 9.18 Å². The Morgan fingerprint density at radius 2 is 2.07 bits per heavy atom. The topological polar surface area (TPSA) is 43.1 Å². The van der Waals surface area contributed by atoms with E-state index >= 15 is 0 Å². The molecule has 0 aliphatic carbocycles. The van der Waals surface area contributed by atoms with Crippen molar-refractivity contribution in [3.8, 4) is 0 Å². The molecule has 0 aromatic heterocycles. The van der Waals surface area contributed by atoms with Gasteiger partial charge >= 0.3 is 0 Å². The van der Waals surface area contributed by atoms with Crippen molar-refractivity contribution in [2.24, 2.45) is 5.73 Å². The van der Waals surface area contributed by atoms with Crippen LogP contribution in [0.1, 0.15) is 29.8 Å². The summed E-state index contributed by atoms with van der Waals surface area (Å²) in [6, 6.07) is 3.88. The van der Waals surface area contributed by atoms with Gasteiger partial charge in [-0.3, -0.25) is 4.79 Å². The summed E-state index contributed by atoms with van der Waals surface area (Å²) < 4.78 is 12.4. The third kappa shape index (κ3) is 2.26. The van der Waals surface area contributed by atoms with E-state index in [0.29, 0.717) is 11.1 Å². The minimum Gasteiger partial charge on any atom is -0.366 e. The first-order valence-corrected chi connectivity index (χ1v) is 4.59. The molecule has 1 aromatic carbocycles. The zero-order valence-corrected chi connectivity index (χ0v) is 8.94. The van der Waals surface area contributed by atoms with E-state index in [4.69, 9.17) is 5.73 Å². The lowest BCUT2D eigenvalue weighted by molar-refractivity contribution is 0.0999. The molecule has 0 aliphatic rings. The third-order valence-corrected chi connectivity index (χ3v) is 2.15. The molecule has 4 heteroatoms. The molecular formula is C10H12FNOS. The standard InChI is InChI=1S/C10H12FNOS/c1-10(2,14)8-5-6(11)3-4-7(8)9(12)13/h3-5,14H,1-2H3,(H2,12,13). The summed E-state index contributed by atoms with van der Waals surface area (Å²) in [5.74, 6) is -0.964. The Morgan fingerprint density at radius 1 is 1.50 bits per heavy atom. The fourth-order valence-electron chi connectivity index (χ4n) is 1.24. The molecule has 0 bridgehead atoms. The zero-order valence-electron chi connectivity index (χ0n) is 8.04. The highest BCUT2D eigenvalue weighted by Gasteiger charge is 2.21. The van der Waals surface area contributed by atoms with Gasteiger partial charge < -0.3 is 5.73 Å². The number of carbonyl (C=O) groups is 1. The molecule has 1 aromatic rings. The van der Waals surface area contributed by atoms with Crippen LogP contribution in [0.5, 0.6) is 0 Å². The van der Waals surface area contributed by atoms with Crippen LogP contribution >= 0.6 is 12.6 Å². The number of carbonyl (C=O) groups excluding carboxylic acids is 1. The molecule has 0 saturated heterocycles. The Balaban J connectivity index is 3.38. The lowest BCUT2D eigenvalue weighted by atomic mass is 9.96. The van der Waals surface area contributed by atoms with Crippen LogP contribution in [0.2, 0.25) is 0 Å². The number of halogens is 1. The lowest BCUT2D eigenvalue weighted by Crippen LogP contribution is -2.19. The Kier molecular flexibility index (Phi) is 2.85. The Bertz CT molecular complexity index is 371. The van der Waals surface area contributed by atoms with Gasteiger partial charge in [0.25, 0.3) is 0 Å². The van der Waals surface area contributed by atoms with E-state index in [0.717, 1.165) is 0 Å². The predicted octanol–water partition coefficient (Wildman–Crippen LogP) is 2.09. The van der Waals surface area contributed by atoms with Crippen LogP contribution in [0.3, 0.4) is 0 Å². The smallest absolute Gasteiger partial charge is 0.249 e. The highest BCUT2D eigenvalue weighted by Crippen LogP contribution is 2.30. The average Bonchev–Trinajstić information content (AvgIpc) is 2.01. The molecule has 0 aliphatic heterocycles. The van der Waals surface area contributed by atoms with E-state index in [2.05, 4.69) is 12.6 Å². The quantitative estimate of drug-likeness (QED) is 0.726. The van der Waals surface area contributed by atoms with Crippen molar-refractivity contribution >= 4 is 18.5 Å². The minimum atomic E-state index is -0.591. The predicted molar refractivity (Wildman–Crippen MR) is 56.9 cm³/mol. The van der Waals surface area contributed by atoms with Crippen LogP contribution in [-0.4, -0.2) is 5.91 Å². The number of nitrogens with two attached hydrogens (primary N) is 1. The monoisotopic (exact) mass is 213 g/mol. The normalized spacial score (nSPS) is 11.4.